The number of rotatable bonds is 4. The molecule has 2 aromatic carbocycles. The number of imide groups is 1. The molecule has 2 amide bonds. The fraction of sp³-hybridized carbons (Fsp3) is 0.273. The highest BCUT2D eigenvalue weighted by Crippen LogP contribution is 2.36. The molecule has 162 valence electrons. The van der Waals surface area contributed by atoms with Crippen LogP contribution in [0.25, 0.3) is 0 Å². The number of nitrogens with zero attached hydrogens (tertiary/aromatic N) is 2. The van der Waals surface area contributed by atoms with E-state index >= 15 is 0 Å². The number of anilines is 1. The van der Waals surface area contributed by atoms with E-state index in [-0.39, 0.29) is 5.91 Å². The molecule has 2 aliphatic heterocycles. The number of likely N-dealkylation sites (N-methyl/N-ethyl adjacent to an activating group) is 1. The van der Waals surface area contributed by atoms with Gasteiger partial charge in [0, 0.05) is 12.7 Å². The Morgan fingerprint density at radius 2 is 1.61 bits per heavy atom. The summed E-state index contributed by atoms with van der Waals surface area (Å²) in [7, 11) is 1.38. The Hall–Kier alpha value is -3.17. The van der Waals surface area contributed by atoms with Gasteiger partial charge >= 0.3 is 6.18 Å². The number of likely N-dealkylation sites (tertiary alicyclic amines) is 1. The highest BCUT2D eigenvalue weighted by molar-refractivity contribution is 6.08. The number of carbonyl (C=O) groups excluding carboxylic acids is 2. The fourth-order valence-corrected chi connectivity index (χ4v) is 3.94. The molecule has 0 saturated carbocycles. The van der Waals surface area contributed by atoms with Crippen molar-refractivity contribution in [2.45, 2.75) is 24.4 Å². The van der Waals surface area contributed by atoms with Gasteiger partial charge in [-0.3, -0.25) is 14.5 Å². The number of aliphatic hydroxyl groups is 1. The van der Waals surface area contributed by atoms with Gasteiger partial charge < -0.3 is 10.5 Å². The first kappa shape index (κ1) is 21.1. The molecule has 0 radical (unpaired) electrons. The van der Waals surface area contributed by atoms with Gasteiger partial charge in [-0.1, -0.05) is 42.5 Å². The Morgan fingerprint density at radius 3 is 2.23 bits per heavy atom. The molecule has 4 rings (SSSR count). The van der Waals surface area contributed by atoms with Crippen molar-refractivity contribution in [3.05, 3.63) is 77.9 Å². The van der Waals surface area contributed by atoms with Gasteiger partial charge in [0.05, 0.1) is 23.6 Å². The van der Waals surface area contributed by atoms with Crippen molar-refractivity contribution in [1.82, 2.24) is 9.91 Å². The molecular weight excluding hydrogens is 411 g/mol. The van der Waals surface area contributed by atoms with E-state index in [1.807, 2.05) is 0 Å². The summed E-state index contributed by atoms with van der Waals surface area (Å²) in [5.41, 5.74) is 3.05. The second-order valence-corrected chi connectivity index (χ2v) is 7.53. The molecule has 6 nitrogen and oxygen atoms in total. The Morgan fingerprint density at radius 1 is 0.968 bits per heavy atom. The molecule has 0 unspecified atom stereocenters. The number of nitrogens with one attached hydrogen (secondary N) is 1. The van der Waals surface area contributed by atoms with Crippen LogP contribution >= 0.6 is 0 Å². The number of halogens is 3. The molecule has 0 aromatic heterocycles. The largest absolute Gasteiger partial charge is 0.416 e. The van der Waals surface area contributed by atoms with Crippen molar-refractivity contribution < 1.29 is 27.9 Å². The SMILES string of the molecule is CN1C(=O)[C@@H]2[C@@H](C=C[C@H]([C@H](O)c3ccccc3)N2Nc2ccc(C(F)(F)F)cc2)C1=O. The Kier molecular flexibility index (Phi) is 5.32. The van der Waals surface area contributed by atoms with E-state index in [2.05, 4.69) is 5.43 Å². The summed E-state index contributed by atoms with van der Waals surface area (Å²) < 4.78 is 38.7. The number of hydrogen-bond donors (Lipinski definition) is 2. The van der Waals surface area contributed by atoms with Crippen molar-refractivity contribution in [1.29, 1.82) is 0 Å². The van der Waals surface area contributed by atoms with Crippen LogP contribution < -0.4 is 5.43 Å². The van der Waals surface area contributed by atoms with E-state index in [9.17, 15) is 27.9 Å². The number of alkyl halides is 3. The molecule has 4 atom stereocenters. The number of hydrazine groups is 1. The van der Waals surface area contributed by atoms with E-state index in [0.29, 0.717) is 11.3 Å². The van der Waals surface area contributed by atoms with E-state index < -0.39 is 41.8 Å². The number of hydrogen-bond acceptors (Lipinski definition) is 5. The van der Waals surface area contributed by atoms with E-state index in [0.717, 1.165) is 17.0 Å². The lowest BCUT2D eigenvalue weighted by Gasteiger charge is -2.40. The van der Waals surface area contributed by atoms with Gasteiger partial charge in [0.15, 0.2) is 0 Å². The van der Waals surface area contributed by atoms with Crippen molar-refractivity contribution in [3.63, 3.8) is 0 Å². The average molecular weight is 431 g/mol. The predicted octanol–water partition coefficient (Wildman–Crippen LogP) is 2.99. The van der Waals surface area contributed by atoms with Gasteiger partial charge in [0.1, 0.15) is 6.04 Å². The van der Waals surface area contributed by atoms with Crippen LogP contribution in [0.5, 0.6) is 0 Å². The first-order chi connectivity index (χ1) is 14.7. The number of fused-ring (bicyclic) bond motifs is 1. The standard InChI is InChI=1S/C22H20F3N3O3/c1-27-20(30)16-11-12-17(19(29)13-5-3-2-4-6-13)28(18(16)21(27)31)26-15-9-7-14(8-10-15)22(23,24)25/h2-12,16-19,26,29H,1H3/t16-,17-,18+,19-/m1/s1. The molecule has 0 aliphatic carbocycles. The normalized spacial score (nSPS) is 24.9. The molecule has 1 saturated heterocycles. The van der Waals surface area contributed by atoms with Gasteiger partial charge in [0.2, 0.25) is 11.8 Å². The molecule has 0 spiro atoms. The van der Waals surface area contributed by atoms with Gasteiger partial charge in [-0.05, 0) is 29.8 Å². The maximum absolute atomic E-state index is 12.9. The second-order valence-electron chi connectivity index (χ2n) is 7.53. The minimum absolute atomic E-state index is 0.294. The van der Waals surface area contributed by atoms with Crippen molar-refractivity contribution >= 4 is 17.5 Å². The number of carbonyl (C=O) groups is 2. The average Bonchev–Trinajstić information content (AvgIpc) is 2.98. The predicted molar refractivity (Wildman–Crippen MR) is 106 cm³/mol. The zero-order chi connectivity index (χ0) is 22.3. The summed E-state index contributed by atoms with van der Waals surface area (Å²) in [6, 6.07) is 11.5. The van der Waals surface area contributed by atoms with Crippen LogP contribution in [0.2, 0.25) is 0 Å². The highest BCUT2D eigenvalue weighted by atomic mass is 19.4. The maximum Gasteiger partial charge on any atom is 0.416 e. The van der Waals surface area contributed by atoms with Gasteiger partial charge in [-0.2, -0.15) is 13.2 Å². The van der Waals surface area contributed by atoms with E-state index in [4.69, 9.17) is 0 Å². The molecule has 0 bridgehead atoms. The molecule has 1 fully saturated rings. The topological polar surface area (TPSA) is 72.9 Å². The second kappa shape index (κ2) is 7.82. The van der Waals surface area contributed by atoms with E-state index in [1.54, 1.807) is 42.5 Å². The summed E-state index contributed by atoms with van der Waals surface area (Å²) in [5.74, 6) is -1.58. The van der Waals surface area contributed by atoms with Gasteiger partial charge in [-0.25, -0.2) is 5.01 Å². The molecule has 2 aromatic rings. The molecule has 2 aliphatic rings. The van der Waals surface area contributed by atoms with Gasteiger partial charge in [0.25, 0.3) is 0 Å². The maximum atomic E-state index is 12.9. The summed E-state index contributed by atoms with van der Waals surface area (Å²) in [5, 5.41) is 12.4. The summed E-state index contributed by atoms with van der Waals surface area (Å²) in [6.07, 6.45) is -2.27. The zero-order valence-electron chi connectivity index (χ0n) is 16.5. The van der Waals surface area contributed by atoms with Crippen LogP contribution in [0, 0.1) is 5.92 Å². The van der Waals surface area contributed by atoms with Crippen LogP contribution in [0.3, 0.4) is 0 Å². The minimum Gasteiger partial charge on any atom is -0.386 e. The van der Waals surface area contributed by atoms with E-state index in [1.165, 1.54) is 24.2 Å². The van der Waals surface area contributed by atoms with Crippen molar-refractivity contribution in [3.8, 4) is 0 Å². The molecule has 2 heterocycles. The molecule has 9 heteroatoms. The number of benzene rings is 2. The third-order valence-corrected chi connectivity index (χ3v) is 5.61. The van der Waals surface area contributed by atoms with Crippen molar-refractivity contribution in [2.24, 2.45) is 5.92 Å². The first-order valence-electron chi connectivity index (χ1n) is 9.63. The monoisotopic (exact) mass is 431 g/mol. The van der Waals surface area contributed by atoms with Crippen LogP contribution in [-0.4, -0.2) is 46.0 Å². The Balaban J connectivity index is 1.69. The van der Waals surface area contributed by atoms with Crippen molar-refractivity contribution in [2.75, 3.05) is 12.5 Å². The van der Waals surface area contributed by atoms with Crippen LogP contribution in [0.1, 0.15) is 17.2 Å². The highest BCUT2D eigenvalue weighted by Gasteiger charge is 2.52. The minimum atomic E-state index is -4.47. The summed E-state index contributed by atoms with van der Waals surface area (Å²) in [6.45, 7) is 0. The third kappa shape index (κ3) is 3.82. The lowest BCUT2D eigenvalue weighted by molar-refractivity contribution is -0.139. The lowest BCUT2D eigenvalue weighted by Crippen LogP contribution is -2.55. The fourth-order valence-electron chi connectivity index (χ4n) is 3.94. The van der Waals surface area contributed by atoms with Crippen LogP contribution in [0.4, 0.5) is 18.9 Å². The van der Waals surface area contributed by atoms with Gasteiger partial charge in [-0.15, -0.1) is 0 Å². The lowest BCUT2D eigenvalue weighted by atomic mass is 9.90. The third-order valence-electron chi connectivity index (χ3n) is 5.61. The smallest absolute Gasteiger partial charge is 0.386 e. The molecule has 2 N–H and O–H groups in total. The summed E-state index contributed by atoms with van der Waals surface area (Å²) in [4.78, 5) is 26.3. The van der Waals surface area contributed by atoms with Crippen LogP contribution in [-0.2, 0) is 15.8 Å². The number of amides is 2. The number of aliphatic hydroxyl groups excluding tert-OH is 1. The molecule has 31 heavy (non-hydrogen) atoms. The molecular formula is C22H20F3N3O3. The first-order valence-corrected chi connectivity index (χ1v) is 9.63. The zero-order valence-corrected chi connectivity index (χ0v) is 16.5. The summed E-state index contributed by atoms with van der Waals surface area (Å²) >= 11 is 0. The Bertz CT molecular complexity index is 1010. The van der Waals surface area contributed by atoms with Crippen LogP contribution in [0.15, 0.2) is 66.7 Å². The quantitative estimate of drug-likeness (QED) is 0.575. The Labute approximate surface area is 176 Å².